The lowest BCUT2D eigenvalue weighted by Crippen LogP contribution is -2.41. The van der Waals surface area contributed by atoms with Crippen LogP contribution in [-0.2, 0) is 11.2 Å². The van der Waals surface area contributed by atoms with Crippen LogP contribution in [0.3, 0.4) is 0 Å². The first-order valence-electron chi connectivity index (χ1n) is 5.99. The highest BCUT2D eigenvalue weighted by Crippen LogP contribution is 2.14. The average Bonchev–Trinajstić information content (AvgIpc) is 2.75. The number of hydrogen-bond acceptors (Lipinski definition) is 5. The molecule has 2 N–H and O–H groups in total. The summed E-state index contributed by atoms with van der Waals surface area (Å²) >= 11 is 1.54. The van der Waals surface area contributed by atoms with Gasteiger partial charge < -0.3 is 14.9 Å². The zero-order valence-electron chi connectivity index (χ0n) is 11.2. The van der Waals surface area contributed by atoms with E-state index in [2.05, 4.69) is 10.5 Å². The first-order valence-corrected chi connectivity index (χ1v) is 7.38. The Bertz CT molecular complexity index is 459. The Labute approximate surface area is 115 Å². The first kappa shape index (κ1) is 15.6. The van der Waals surface area contributed by atoms with Gasteiger partial charge >= 0.3 is 5.97 Å². The van der Waals surface area contributed by atoms with Gasteiger partial charge in [0.25, 0.3) is 5.91 Å². The number of nitrogens with zero attached hydrogens (tertiary/aromatic N) is 1. The Morgan fingerprint density at radius 3 is 2.74 bits per heavy atom. The van der Waals surface area contributed by atoms with Crippen LogP contribution in [0.1, 0.15) is 35.2 Å². The summed E-state index contributed by atoms with van der Waals surface area (Å²) in [7, 11) is 0. The topological polar surface area (TPSA) is 92.4 Å². The third-order valence-corrected chi connectivity index (χ3v) is 3.35. The molecule has 0 aliphatic heterocycles. The van der Waals surface area contributed by atoms with Crippen LogP contribution >= 0.6 is 11.8 Å². The van der Waals surface area contributed by atoms with Crippen LogP contribution < -0.4 is 5.32 Å². The molecule has 1 amide bonds. The maximum absolute atomic E-state index is 12.1. The lowest BCUT2D eigenvalue weighted by molar-refractivity contribution is -0.139. The number of hydrogen-bond donors (Lipinski definition) is 2. The molecule has 1 aromatic heterocycles. The predicted octanol–water partition coefficient (Wildman–Crippen LogP) is 1.48. The van der Waals surface area contributed by atoms with Crippen LogP contribution in [0, 0.1) is 6.92 Å². The number of aliphatic carboxylic acids is 1. The van der Waals surface area contributed by atoms with Crippen molar-refractivity contribution in [3.63, 3.8) is 0 Å². The summed E-state index contributed by atoms with van der Waals surface area (Å²) in [5, 5.41) is 15.4. The van der Waals surface area contributed by atoms with Crippen molar-refractivity contribution < 1.29 is 19.2 Å². The van der Waals surface area contributed by atoms with E-state index in [-0.39, 0.29) is 0 Å². The van der Waals surface area contributed by atoms with Crippen LogP contribution in [0.2, 0.25) is 0 Å². The fraction of sp³-hybridized carbons (Fsp3) is 0.583. The largest absolute Gasteiger partial charge is 0.480 e. The van der Waals surface area contributed by atoms with Crippen molar-refractivity contribution in [2.24, 2.45) is 0 Å². The second kappa shape index (κ2) is 7.18. The third-order valence-electron chi connectivity index (χ3n) is 2.71. The highest BCUT2D eigenvalue weighted by molar-refractivity contribution is 7.98. The average molecular weight is 286 g/mol. The summed E-state index contributed by atoms with van der Waals surface area (Å²) in [4.78, 5) is 23.2. The summed E-state index contributed by atoms with van der Waals surface area (Å²) in [6, 6.07) is -0.890. The van der Waals surface area contributed by atoms with Gasteiger partial charge in [-0.3, -0.25) is 4.79 Å². The van der Waals surface area contributed by atoms with Gasteiger partial charge in [0.05, 0.1) is 5.69 Å². The number of amides is 1. The molecule has 1 heterocycles. The molecular weight excluding hydrogens is 268 g/mol. The molecule has 0 saturated carbocycles. The van der Waals surface area contributed by atoms with Crippen LogP contribution in [0.25, 0.3) is 0 Å². The van der Waals surface area contributed by atoms with E-state index in [9.17, 15) is 9.59 Å². The first-order chi connectivity index (χ1) is 9.01. The van der Waals surface area contributed by atoms with E-state index in [4.69, 9.17) is 9.63 Å². The number of carboxylic acid groups (broad SMARTS) is 1. The maximum atomic E-state index is 12.1. The van der Waals surface area contributed by atoms with Crippen molar-refractivity contribution in [3.05, 3.63) is 17.0 Å². The smallest absolute Gasteiger partial charge is 0.326 e. The van der Waals surface area contributed by atoms with E-state index in [0.29, 0.717) is 35.6 Å². The number of carbonyl (C=O) groups is 2. The minimum atomic E-state index is -1.03. The summed E-state index contributed by atoms with van der Waals surface area (Å²) in [5.74, 6) is -0.400. The molecule has 0 spiro atoms. The second-order valence-corrected chi connectivity index (χ2v) is 5.05. The Morgan fingerprint density at radius 1 is 1.53 bits per heavy atom. The fourth-order valence-corrected chi connectivity index (χ4v) is 2.15. The summed E-state index contributed by atoms with van der Waals surface area (Å²) < 4.78 is 4.97. The van der Waals surface area contributed by atoms with Crippen LogP contribution in [0.4, 0.5) is 0 Å². The van der Waals surface area contributed by atoms with Gasteiger partial charge in [0, 0.05) is 0 Å². The SMILES string of the molecule is CCc1noc(C)c1C(=O)N[C@@H](CCSC)C(=O)O. The van der Waals surface area contributed by atoms with E-state index >= 15 is 0 Å². The van der Waals surface area contributed by atoms with Gasteiger partial charge in [-0.1, -0.05) is 12.1 Å². The summed E-state index contributed by atoms with van der Waals surface area (Å²) in [6.07, 6.45) is 2.83. The van der Waals surface area contributed by atoms with Crippen molar-refractivity contribution in [2.75, 3.05) is 12.0 Å². The lowest BCUT2D eigenvalue weighted by Gasteiger charge is -2.13. The monoisotopic (exact) mass is 286 g/mol. The zero-order valence-corrected chi connectivity index (χ0v) is 12.0. The molecule has 106 valence electrons. The predicted molar refractivity (Wildman–Crippen MR) is 72.5 cm³/mol. The zero-order chi connectivity index (χ0) is 14.4. The van der Waals surface area contributed by atoms with Gasteiger partial charge in [-0.25, -0.2) is 4.79 Å². The molecule has 0 aliphatic carbocycles. The fourth-order valence-electron chi connectivity index (χ4n) is 1.67. The number of carboxylic acids is 1. The molecule has 1 rings (SSSR count). The van der Waals surface area contributed by atoms with Gasteiger partial charge in [0.2, 0.25) is 0 Å². The second-order valence-electron chi connectivity index (χ2n) is 4.06. The van der Waals surface area contributed by atoms with Gasteiger partial charge in [-0.2, -0.15) is 11.8 Å². The van der Waals surface area contributed by atoms with Crippen molar-refractivity contribution in [1.82, 2.24) is 10.5 Å². The summed E-state index contributed by atoms with van der Waals surface area (Å²) in [5.41, 5.74) is 0.891. The van der Waals surface area contributed by atoms with Gasteiger partial charge in [-0.05, 0) is 31.8 Å². The maximum Gasteiger partial charge on any atom is 0.326 e. The quantitative estimate of drug-likeness (QED) is 0.788. The van der Waals surface area contributed by atoms with Crippen molar-refractivity contribution in [3.8, 4) is 0 Å². The normalized spacial score (nSPS) is 12.2. The minimum absolute atomic E-state index is 0.345. The Balaban J connectivity index is 2.81. The van der Waals surface area contributed by atoms with Gasteiger partial charge in [0.1, 0.15) is 17.4 Å². The molecule has 1 aromatic rings. The van der Waals surface area contributed by atoms with Crippen molar-refractivity contribution >= 4 is 23.6 Å². The van der Waals surface area contributed by atoms with Crippen LogP contribution in [0.15, 0.2) is 4.52 Å². The molecule has 0 radical (unpaired) electrons. The number of nitrogens with one attached hydrogen (secondary N) is 1. The summed E-state index contributed by atoms with van der Waals surface area (Å²) in [6.45, 7) is 3.50. The number of aryl methyl sites for hydroxylation is 2. The molecule has 7 heteroatoms. The lowest BCUT2D eigenvalue weighted by atomic mass is 10.1. The molecule has 0 saturated heterocycles. The highest BCUT2D eigenvalue weighted by atomic mass is 32.2. The number of thioether (sulfide) groups is 1. The standard InChI is InChI=1S/C12H18N2O4S/c1-4-8-10(7(2)18-14-8)11(15)13-9(12(16)17)5-6-19-3/h9H,4-6H2,1-3H3,(H,13,15)(H,16,17)/t9-/m0/s1. The van der Waals surface area contributed by atoms with E-state index in [1.54, 1.807) is 6.92 Å². The Morgan fingerprint density at radius 2 is 2.21 bits per heavy atom. The van der Waals surface area contributed by atoms with Crippen molar-refractivity contribution in [1.29, 1.82) is 0 Å². The van der Waals surface area contributed by atoms with Gasteiger partial charge in [-0.15, -0.1) is 0 Å². The molecule has 0 unspecified atom stereocenters. The molecular formula is C12H18N2O4S. The van der Waals surface area contributed by atoms with Crippen molar-refractivity contribution in [2.45, 2.75) is 32.7 Å². The van der Waals surface area contributed by atoms with E-state index in [1.807, 2.05) is 13.2 Å². The molecule has 0 aliphatic rings. The molecule has 6 nitrogen and oxygen atoms in total. The minimum Gasteiger partial charge on any atom is -0.480 e. The molecule has 0 aromatic carbocycles. The molecule has 0 bridgehead atoms. The Kier molecular flexibility index (Phi) is 5.88. The molecule has 19 heavy (non-hydrogen) atoms. The number of carbonyl (C=O) groups excluding carboxylic acids is 1. The van der Waals surface area contributed by atoms with Gasteiger partial charge in [0.15, 0.2) is 0 Å². The van der Waals surface area contributed by atoms with Crippen LogP contribution in [0.5, 0.6) is 0 Å². The van der Waals surface area contributed by atoms with E-state index in [0.717, 1.165) is 0 Å². The third kappa shape index (κ3) is 3.99. The van der Waals surface area contributed by atoms with E-state index in [1.165, 1.54) is 11.8 Å². The molecule has 0 fully saturated rings. The van der Waals surface area contributed by atoms with E-state index < -0.39 is 17.9 Å². The Hall–Kier alpha value is -1.50. The number of aromatic nitrogens is 1. The highest BCUT2D eigenvalue weighted by Gasteiger charge is 2.24. The van der Waals surface area contributed by atoms with Crippen LogP contribution in [-0.4, -0.2) is 40.2 Å². The number of rotatable bonds is 7. The molecule has 1 atom stereocenters.